The second-order valence-corrected chi connectivity index (χ2v) is 7.79. The molecule has 1 aliphatic heterocycles. The fourth-order valence-electron chi connectivity index (χ4n) is 5.06. The van der Waals surface area contributed by atoms with Crippen molar-refractivity contribution < 1.29 is 14.9 Å². The van der Waals surface area contributed by atoms with Crippen LogP contribution in [0.5, 0.6) is 0 Å². The fourth-order valence-corrected chi connectivity index (χ4v) is 5.06. The number of rotatable bonds is 2. The summed E-state index contributed by atoms with van der Waals surface area (Å²) in [5.74, 6) is 0. The molecule has 2 N–H and O–H groups in total. The van der Waals surface area contributed by atoms with E-state index in [1.54, 1.807) is 0 Å². The fraction of sp³-hybridized carbons (Fsp3) is 0.200. The Balaban J connectivity index is 1.79. The number of hydrogen-bond acceptors (Lipinski definition) is 3. The second-order valence-electron chi connectivity index (χ2n) is 7.79. The Hall–Kier alpha value is -2.72. The van der Waals surface area contributed by atoms with Gasteiger partial charge in [-0.2, -0.15) is 0 Å². The molecular weight excluding hydrogens is 348 g/mol. The molecule has 5 aromatic carbocycles. The molecule has 1 unspecified atom stereocenters. The van der Waals surface area contributed by atoms with Crippen LogP contribution in [-0.4, -0.2) is 29.0 Å². The highest BCUT2D eigenvalue weighted by Crippen LogP contribution is 2.46. The van der Waals surface area contributed by atoms with Crippen LogP contribution in [-0.2, 0) is 4.74 Å². The molecule has 1 aliphatic rings. The van der Waals surface area contributed by atoms with Crippen molar-refractivity contribution in [3.8, 4) is 0 Å². The summed E-state index contributed by atoms with van der Waals surface area (Å²) in [6, 6.07) is 23.6. The molecule has 138 valence electrons. The maximum Gasteiger partial charge on any atom is 0.107 e. The summed E-state index contributed by atoms with van der Waals surface area (Å²) in [6.45, 7) is -0.165. The number of benzene rings is 5. The first-order chi connectivity index (χ1) is 13.8. The lowest BCUT2D eigenvalue weighted by molar-refractivity contribution is -0.0218. The van der Waals surface area contributed by atoms with E-state index in [9.17, 15) is 10.2 Å². The molecule has 6 rings (SSSR count). The smallest absolute Gasteiger partial charge is 0.107 e. The van der Waals surface area contributed by atoms with E-state index >= 15 is 0 Å². The Kier molecular flexibility index (Phi) is 3.42. The first-order valence-electron chi connectivity index (χ1n) is 9.79. The SMILES string of the molecule is OC[C@H]1O[C@H](c2c3ccccc3c3ccc4cccc5ccc2c3c54)CC1O. The molecule has 0 aliphatic carbocycles. The second kappa shape index (κ2) is 5.89. The molecular formula is C25H20O3. The summed E-state index contributed by atoms with van der Waals surface area (Å²) in [7, 11) is 0. The van der Waals surface area contributed by atoms with Gasteiger partial charge in [0.1, 0.15) is 6.10 Å². The lowest BCUT2D eigenvalue weighted by Crippen LogP contribution is -2.24. The first-order valence-corrected chi connectivity index (χ1v) is 9.79. The van der Waals surface area contributed by atoms with Crippen LogP contribution in [0.4, 0.5) is 0 Å². The summed E-state index contributed by atoms with van der Waals surface area (Å²) < 4.78 is 6.11. The Bertz CT molecular complexity index is 1320. The van der Waals surface area contributed by atoms with Gasteiger partial charge in [0.05, 0.1) is 18.8 Å². The van der Waals surface area contributed by atoms with E-state index in [1.807, 2.05) is 0 Å². The molecule has 1 saturated heterocycles. The number of aliphatic hydroxyl groups excluding tert-OH is 2. The minimum Gasteiger partial charge on any atom is -0.394 e. The monoisotopic (exact) mass is 368 g/mol. The topological polar surface area (TPSA) is 49.7 Å². The van der Waals surface area contributed by atoms with E-state index in [0.717, 1.165) is 10.9 Å². The van der Waals surface area contributed by atoms with Crippen molar-refractivity contribution in [2.24, 2.45) is 0 Å². The van der Waals surface area contributed by atoms with Gasteiger partial charge in [0, 0.05) is 6.42 Å². The standard InChI is InChI=1S/C25H20O3/c26-13-22-20(27)12-21(28-22)24-17-7-2-1-6-16(17)18-10-8-14-4-3-5-15-9-11-19(24)25(18)23(14)15/h1-11,20-22,26-27H,12-13H2/t20?,21-,22+/m0/s1. The normalized spacial score (nSPS) is 22.9. The minimum atomic E-state index is -0.646. The van der Waals surface area contributed by atoms with Crippen LogP contribution in [0.1, 0.15) is 18.1 Å². The van der Waals surface area contributed by atoms with E-state index < -0.39 is 12.2 Å². The Morgan fingerprint density at radius 3 is 2.18 bits per heavy atom. The predicted octanol–water partition coefficient (Wildman–Crippen LogP) is 4.92. The summed E-state index contributed by atoms with van der Waals surface area (Å²) in [6.07, 6.45) is -0.907. The predicted molar refractivity (Wildman–Crippen MR) is 113 cm³/mol. The van der Waals surface area contributed by atoms with E-state index in [0.29, 0.717) is 6.42 Å². The molecule has 3 nitrogen and oxygen atoms in total. The van der Waals surface area contributed by atoms with Crippen LogP contribution in [0.2, 0.25) is 0 Å². The zero-order valence-electron chi connectivity index (χ0n) is 15.3. The van der Waals surface area contributed by atoms with Gasteiger partial charge in [-0.25, -0.2) is 0 Å². The van der Waals surface area contributed by atoms with Gasteiger partial charge in [-0.1, -0.05) is 66.7 Å². The van der Waals surface area contributed by atoms with Gasteiger partial charge in [0.15, 0.2) is 0 Å². The molecule has 0 bridgehead atoms. The molecule has 0 amide bonds. The molecule has 28 heavy (non-hydrogen) atoms. The highest BCUT2D eigenvalue weighted by atomic mass is 16.5. The average molecular weight is 368 g/mol. The van der Waals surface area contributed by atoms with Gasteiger partial charge < -0.3 is 14.9 Å². The molecule has 1 heterocycles. The van der Waals surface area contributed by atoms with Crippen LogP contribution in [0.15, 0.2) is 66.7 Å². The largest absolute Gasteiger partial charge is 0.394 e. The quantitative estimate of drug-likeness (QED) is 0.343. The molecule has 5 aromatic rings. The zero-order valence-corrected chi connectivity index (χ0v) is 15.3. The maximum atomic E-state index is 10.4. The molecule has 0 saturated carbocycles. The third-order valence-electron chi connectivity index (χ3n) is 6.30. The molecule has 0 radical (unpaired) electrons. The first kappa shape index (κ1) is 16.3. The third-order valence-corrected chi connectivity index (χ3v) is 6.30. The summed E-state index contributed by atoms with van der Waals surface area (Å²) >= 11 is 0. The van der Waals surface area contributed by atoms with E-state index in [-0.39, 0.29) is 12.7 Å². The van der Waals surface area contributed by atoms with Crippen molar-refractivity contribution >= 4 is 43.1 Å². The zero-order chi connectivity index (χ0) is 18.8. The molecule has 0 spiro atoms. The van der Waals surface area contributed by atoms with Crippen molar-refractivity contribution in [1.82, 2.24) is 0 Å². The van der Waals surface area contributed by atoms with Crippen molar-refractivity contribution in [3.63, 3.8) is 0 Å². The number of aliphatic hydroxyl groups is 2. The Morgan fingerprint density at radius 2 is 1.46 bits per heavy atom. The van der Waals surface area contributed by atoms with Crippen LogP contribution >= 0.6 is 0 Å². The molecule has 3 atom stereocenters. The number of ether oxygens (including phenoxy) is 1. The highest BCUT2D eigenvalue weighted by molar-refractivity contribution is 6.30. The van der Waals surface area contributed by atoms with Crippen molar-refractivity contribution in [3.05, 3.63) is 72.3 Å². The summed E-state index contributed by atoms with van der Waals surface area (Å²) in [5, 5.41) is 29.7. The third kappa shape index (κ3) is 2.09. The minimum absolute atomic E-state index is 0.165. The van der Waals surface area contributed by atoms with Gasteiger partial charge >= 0.3 is 0 Å². The van der Waals surface area contributed by atoms with Crippen LogP contribution in [0, 0.1) is 0 Å². The van der Waals surface area contributed by atoms with E-state index in [2.05, 4.69) is 66.7 Å². The van der Waals surface area contributed by atoms with Crippen molar-refractivity contribution in [2.75, 3.05) is 6.61 Å². The number of hydrogen-bond donors (Lipinski definition) is 2. The molecule has 3 heteroatoms. The van der Waals surface area contributed by atoms with Gasteiger partial charge in [-0.05, 0) is 48.7 Å². The average Bonchev–Trinajstić information content (AvgIpc) is 3.11. The Labute approximate surface area is 162 Å². The van der Waals surface area contributed by atoms with Crippen LogP contribution in [0.25, 0.3) is 43.1 Å². The lowest BCUT2D eigenvalue weighted by Gasteiger charge is -2.21. The van der Waals surface area contributed by atoms with Crippen molar-refractivity contribution in [1.29, 1.82) is 0 Å². The summed E-state index contributed by atoms with van der Waals surface area (Å²) in [5.41, 5.74) is 1.12. The van der Waals surface area contributed by atoms with Crippen LogP contribution < -0.4 is 0 Å². The van der Waals surface area contributed by atoms with E-state index in [4.69, 9.17) is 4.74 Å². The highest BCUT2D eigenvalue weighted by Gasteiger charge is 2.36. The lowest BCUT2D eigenvalue weighted by atomic mass is 9.85. The molecule has 1 fully saturated rings. The molecule has 0 aromatic heterocycles. The summed E-state index contributed by atoms with van der Waals surface area (Å²) in [4.78, 5) is 0. The Morgan fingerprint density at radius 1 is 0.750 bits per heavy atom. The maximum absolute atomic E-state index is 10.4. The van der Waals surface area contributed by atoms with E-state index in [1.165, 1.54) is 37.7 Å². The van der Waals surface area contributed by atoms with Gasteiger partial charge in [-0.15, -0.1) is 0 Å². The number of fused-ring (bicyclic) bond motifs is 2. The van der Waals surface area contributed by atoms with Crippen molar-refractivity contribution in [2.45, 2.75) is 24.7 Å². The van der Waals surface area contributed by atoms with Crippen LogP contribution in [0.3, 0.4) is 0 Å². The van der Waals surface area contributed by atoms with Gasteiger partial charge in [0.2, 0.25) is 0 Å². The van der Waals surface area contributed by atoms with Gasteiger partial charge in [0.25, 0.3) is 0 Å². The van der Waals surface area contributed by atoms with Gasteiger partial charge in [-0.3, -0.25) is 0 Å².